The highest BCUT2D eigenvalue weighted by Gasteiger charge is 2.29. The quantitative estimate of drug-likeness (QED) is 0.840. The van der Waals surface area contributed by atoms with Crippen LogP contribution in [0.4, 0.5) is 8.78 Å². The zero-order chi connectivity index (χ0) is 15.5. The van der Waals surface area contributed by atoms with Crippen LogP contribution < -0.4 is 10.5 Å². The van der Waals surface area contributed by atoms with E-state index >= 15 is 0 Å². The lowest BCUT2D eigenvalue weighted by Crippen LogP contribution is -2.41. The van der Waals surface area contributed by atoms with E-state index in [0.717, 1.165) is 5.39 Å². The first-order valence-corrected chi connectivity index (χ1v) is 7.86. The second-order valence-electron chi connectivity index (χ2n) is 4.63. The summed E-state index contributed by atoms with van der Waals surface area (Å²) in [5.74, 6) is -3.67. The number of alkyl halides is 2. The van der Waals surface area contributed by atoms with Gasteiger partial charge in [-0.3, -0.25) is 4.98 Å². The number of hydrogen-bond donors (Lipinski definition) is 2. The van der Waals surface area contributed by atoms with Gasteiger partial charge in [-0.25, -0.2) is 21.9 Å². The van der Waals surface area contributed by atoms with Crippen molar-refractivity contribution in [3.63, 3.8) is 0 Å². The van der Waals surface area contributed by atoms with Gasteiger partial charge in [0.25, 0.3) is 5.92 Å². The molecule has 0 radical (unpaired) electrons. The number of nitrogens with zero attached hydrogens (tertiary/aromatic N) is 1. The molecule has 0 spiro atoms. The van der Waals surface area contributed by atoms with Crippen LogP contribution in [-0.4, -0.2) is 32.4 Å². The normalized spacial score (nSPS) is 12.7. The molecule has 5 nitrogen and oxygen atoms in total. The molecule has 0 aliphatic rings. The Labute approximate surface area is 121 Å². The van der Waals surface area contributed by atoms with Crippen LogP contribution in [-0.2, 0) is 15.8 Å². The van der Waals surface area contributed by atoms with E-state index < -0.39 is 34.8 Å². The molecular weight excluding hydrogens is 300 g/mol. The number of hydrogen-bond acceptors (Lipinski definition) is 4. The molecule has 8 heteroatoms. The molecule has 1 heterocycles. The fourth-order valence-electron chi connectivity index (χ4n) is 1.83. The molecule has 0 unspecified atom stereocenters. The molecule has 2 aromatic rings. The number of sulfonamides is 1. The molecule has 3 N–H and O–H groups in total. The zero-order valence-electron chi connectivity index (χ0n) is 11.1. The maximum Gasteiger partial charge on any atom is 0.273 e. The number of para-hydroxylation sites is 1. The Hall–Kier alpha value is -1.64. The highest BCUT2D eigenvalue weighted by atomic mass is 32.2. The molecule has 0 atom stereocenters. The fourth-order valence-corrected chi connectivity index (χ4v) is 3.00. The first-order chi connectivity index (χ1) is 9.83. The Balaban J connectivity index is 2.19. The van der Waals surface area contributed by atoms with E-state index in [9.17, 15) is 17.2 Å². The van der Waals surface area contributed by atoms with Gasteiger partial charge in [0.2, 0.25) is 10.0 Å². The third-order valence-corrected chi connectivity index (χ3v) is 4.19. The summed E-state index contributed by atoms with van der Waals surface area (Å²) < 4.78 is 51.7. The van der Waals surface area contributed by atoms with E-state index in [1.54, 1.807) is 36.5 Å². The largest absolute Gasteiger partial charge is 0.325 e. The van der Waals surface area contributed by atoms with Crippen molar-refractivity contribution in [3.8, 4) is 0 Å². The van der Waals surface area contributed by atoms with Gasteiger partial charge in [0.15, 0.2) is 0 Å². The van der Waals surface area contributed by atoms with Crippen molar-refractivity contribution in [3.05, 3.63) is 42.1 Å². The molecule has 0 aliphatic heterocycles. The lowest BCUT2D eigenvalue weighted by molar-refractivity contribution is 0.0170. The lowest BCUT2D eigenvalue weighted by atomic mass is 10.1. The molecule has 1 aromatic carbocycles. The average molecular weight is 315 g/mol. The number of benzene rings is 1. The molecule has 0 saturated heterocycles. The zero-order valence-corrected chi connectivity index (χ0v) is 11.9. The maximum absolute atomic E-state index is 13.0. The van der Waals surface area contributed by atoms with Crippen LogP contribution >= 0.6 is 0 Å². The number of nitrogens with one attached hydrogen (secondary N) is 1. The summed E-state index contributed by atoms with van der Waals surface area (Å²) >= 11 is 0. The Kier molecular flexibility index (Phi) is 4.50. The SMILES string of the molecule is NCC(F)(F)CNS(=O)(=O)Cc1cccc2cccnc12. The standard InChI is InChI=1S/C13H15F2N3O2S/c14-13(15,8-16)9-18-21(19,20)7-11-4-1-3-10-5-2-6-17-12(10)11/h1-6,18H,7-9,16H2. The third kappa shape index (κ3) is 4.16. The molecule has 1 aromatic heterocycles. The first kappa shape index (κ1) is 15.7. The summed E-state index contributed by atoms with van der Waals surface area (Å²) in [5, 5.41) is 0.789. The minimum absolute atomic E-state index is 0.415. The van der Waals surface area contributed by atoms with Crippen LogP contribution in [0.15, 0.2) is 36.5 Å². The van der Waals surface area contributed by atoms with Crippen molar-refractivity contribution in [1.29, 1.82) is 0 Å². The van der Waals surface area contributed by atoms with Gasteiger partial charge in [-0.1, -0.05) is 24.3 Å². The topological polar surface area (TPSA) is 85.1 Å². The molecule has 0 fully saturated rings. The Morgan fingerprint density at radius 3 is 2.67 bits per heavy atom. The lowest BCUT2D eigenvalue weighted by Gasteiger charge is -2.15. The van der Waals surface area contributed by atoms with Crippen molar-refractivity contribution in [2.45, 2.75) is 11.7 Å². The van der Waals surface area contributed by atoms with E-state index in [1.807, 2.05) is 4.72 Å². The van der Waals surface area contributed by atoms with E-state index in [4.69, 9.17) is 5.73 Å². The first-order valence-electron chi connectivity index (χ1n) is 6.21. The molecule has 2 rings (SSSR count). The predicted octanol–water partition coefficient (Wildman–Crippen LogP) is 1.25. The monoisotopic (exact) mass is 315 g/mol. The molecular formula is C13H15F2N3O2S. The van der Waals surface area contributed by atoms with Gasteiger partial charge in [0.05, 0.1) is 24.4 Å². The summed E-state index contributed by atoms with van der Waals surface area (Å²) in [6, 6.07) is 8.64. The van der Waals surface area contributed by atoms with Crippen molar-refractivity contribution in [1.82, 2.24) is 9.71 Å². The fraction of sp³-hybridized carbons (Fsp3) is 0.308. The minimum atomic E-state index is -3.89. The Morgan fingerprint density at radius 2 is 1.95 bits per heavy atom. The van der Waals surface area contributed by atoms with E-state index in [1.165, 1.54) is 0 Å². The van der Waals surface area contributed by atoms with E-state index in [2.05, 4.69) is 4.98 Å². The van der Waals surface area contributed by atoms with Crippen LogP contribution in [0.1, 0.15) is 5.56 Å². The molecule has 21 heavy (non-hydrogen) atoms. The highest BCUT2D eigenvalue weighted by molar-refractivity contribution is 7.88. The van der Waals surface area contributed by atoms with E-state index in [0.29, 0.717) is 11.1 Å². The van der Waals surface area contributed by atoms with Gasteiger partial charge in [0, 0.05) is 11.6 Å². The second-order valence-corrected chi connectivity index (χ2v) is 6.44. The van der Waals surface area contributed by atoms with Crippen molar-refractivity contribution in [2.24, 2.45) is 5.73 Å². The van der Waals surface area contributed by atoms with E-state index in [-0.39, 0.29) is 0 Å². The summed E-state index contributed by atoms with van der Waals surface area (Å²) in [7, 11) is -3.89. The Morgan fingerprint density at radius 1 is 1.24 bits per heavy atom. The minimum Gasteiger partial charge on any atom is -0.325 e. The summed E-state index contributed by atoms with van der Waals surface area (Å²) in [5.41, 5.74) is 5.86. The summed E-state index contributed by atoms with van der Waals surface area (Å²) in [4.78, 5) is 4.13. The van der Waals surface area contributed by atoms with Crippen molar-refractivity contribution in [2.75, 3.05) is 13.1 Å². The van der Waals surface area contributed by atoms with Gasteiger partial charge in [-0.05, 0) is 11.6 Å². The highest BCUT2D eigenvalue weighted by Crippen LogP contribution is 2.18. The van der Waals surface area contributed by atoms with Crippen LogP contribution in [0.25, 0.3) is 10.9 Å². The van der Waals surface area contributed by atoms with Crippen LogP contribution in [0.5, 0.6) is 0 Å². The van der Waals surface area contributed by atoms with Gasteiger partial charge in [0.1, 0.15) is 0 Å². The molecule has 0 aliphatic carbocycles. The summed E-state index contributed by atoms with van der Waals surface area (Å²) in [6.07, 6.45) is 1.55. The van der Waals surface area contributed by atoms with Gasteiger partial charge in [-0.2, -0.15) is 0 Å². The number of aromatic nitrogens is 1. The van der Waals surface area contributed by atoms with Gasteiger partial charge in [-0.15, -0.1) is 0 Å². The van der Waals surface area contributed by atoms with Crippen molar-refractivity contribution < 1.29 is 17.2 Å². The van der Waals surface area contributed by atoms with Crippen LogP contribution in [0.3, 0.4) is 0 Å². The maximum atomic E-state index is 13.0. The van der Waals surface area contributed by atoms with Gasteiger partial charge < -0.3 is 5.73 Å². The Bertz CT molecular complexity index is 730. The molecule has 114 valence electrons. The third-order valence-electron chi connectivity index (χ3n) is 2.91. The smallest absolute Gasteiger partial charge is 0.273 e. The van der Waals surface area contributed by atoms with Crippen LogP contribution in [0, 0.1) is 0 Å². The van der Waals surface area contributed by atoms with Crippen molar-refractivity contribution >= 4 is 20.9 Å². The average Bonchev–Trinajstić information content (AvgIpc) is 2.46. The number of pyridine rings is 1. The number of fused-ring (bicyclic) bond motifs is 1. The number of nitrogens with two attached hydrogens (primary N) is 1. The molecule has 0 bridgehead atoms. The predicted molar refractivity (Wildman–Crippen MR) is 76.4 cm³/mol. The second kappa shape index (κ2) is 6.00. The van der Waals surface area contributed by atoms with Crippen LogP contribution in [0.2, 0.25) is 0 Å². The van der Waals surface area contributed by atoms with Gasteiger partial charge >= 0.3 is 0 Å². The number of rotatable bonds is 6. The molecule has 0 saturated carbocycles. The number of halogens is 2. The molecule has 0 amide bonds. The summed E-state index contributed by atoms with van der Waals surface area (Å²) in [6.45, 7) is -1.92.